The monoisotopic (exact) mass is 393 g/mol. The van der Waals surface area contributed by atoms with E-state index in [4.69, 9.17) is 27.2 Å². The number of carbonyl (C=O) groups excluding carboxylic acids is 1. The van der Waals surface area contributed by atoms with E-state index in [0.717, 1.165) is 11.0 Å². The van der Waals surface area contributed by atoms with Crippen LogP contribution in [0.25, 0.3) is 0 Å². The number of urea groups is 1. The molecule has 1 atom stereocenters. The van der Waals surface area contributed by atoms with Crippen molar-refractivity contribution in [1.82, 2.24) is 0 Å². The highest BCUT2D eigenvalue weighted by atomic mass is 35.5. The van der Waals surface area contributed by atoms with Crippen LogP contribution in [0.3, 0.4) is 0 Å². The normalized spacial score (nSPS) is 11.5. The number of rotatable bonds is 7. The van der Waals surface area contributed by atoms with Gasteiger partial charge in [-0.25, -0.2) is 4.79 Å². The van der Waals surface area contributed by atoms with Gasteiger partial charge >= 0.3 is 12.0 Å². The van der Waals surface area contributed by atoms with Gasteiger partial charge in [-0.2, -0.15) is 0 Å². The number of ether oxygens (including phenoxy) is 1. The molecule has 0 saturated heterocycles. The topological polar surface area (TPSA) is 136 Å². The Kier molecular flexibility index (Phi) is 6.19. The molecule has 9 nitrogen and oxygen atoms in total. The van der Waals surface area contributed by atoms with Crippen LogP contribution in [-0.2, 0) is 4.79 Å². The van der Waals surface area contributed by atoms with E-state index in [1.165, 1.54) is 31.2 Å². The highest BCUT2D eigenvalue weighted by molar-refractivity contribution is 6.34. The number of carbonyl (C=O) groups is 2. The van der Waals surface area contributed by atoms with Crippen molar-refractivity contribution in [2.75, 3.05) is 11.5 Å². The van der Waals surface area contributed by atoms with Gasteiger partial charge in [-0.1, -0.05) is 11.6 Å². The molecule has 10 heteroatoms. The number of anilines is 2. The lowest BCUT2D eigenvalue weighted by atomic mass is 10.2. The first-order chi connectivity index (χ1) is 12.7. The molecule has 0 heterocycles. The Hall–Kier alpha value is -3.33. The first-order valence-electron chi connectivity index (χ1n) is 7.70. The second-order valence-electron chi connectivity index (χ2n) is 5.61. The Morgan fingerprint density at radius 1 is 1.30 bits per heavy atom. The summed E-state index contributed by atoms with van der Waals surface area (Å²) in [6.45, 7) is 1.50. The SMILES string of the molecule is CC(COc1ccc(N(C(N)=O)c2ccc([N+](=O)[O-])cc2Cl)cc1)C(=O)O. The number of nitro benzene ring substituents is 1. The van der Waals surface area contributed by atoms with Crippen LogP contribution in [0.2, 0.25) is 5.02 Å². The molecule has 0 saturated carbocycles. The van der Waals surface area contributed by atoms with E-state index < -0.39 is 22.8 Å². The number of nitro groups is 1. The van der Waals surface area contributed by atoms with Crippen LogP contribution in [0.5, 0.6) is 5.75 Å². The maximum absolute atomic E-state index is 11.9. The van der Waals surface area contributed by atoms with Crippen molar-refractivity contribution in [1.29, 1.82) is 0 Å². The van der Waals surface area contributed by atoms with E-state index in [9.17, 15) is 19.7 Å². The third-order valence-corrected chi connectivity index (χ3v) is 3.92. The minimum Gasteiger partial charge on any atom is -0.493 e. The maximum Gasteiger partial charge on any atom is 0.323 e. The van der Waals surface area contributed by atoms with E-state index in [1.54, 1.807) is 12.1 Å². The quantitative estimate of drug-likeness (QED) is 0.545. The second-order valence-corrected chi connectivity index (χ2v) is 6.02. The Bertz CT molecular complexity index is 871. The van der Waals surface area contributed by atoms with E-state index in [0.29, 0.717) is 11.4 Å². The maximum atomic E-state index is 11.9. The minimum absolute atomic E-state index is 0.0115. The smallest absolute Gasteiger partial charge is 0.323 e. The van der Waals surface area contributed by atoms with Gasteiger partial charge in [0.25, 0.3) is 5.69 Å². The second kappa shape index (κ2) is 8.37. The number of benzene rings is 2. The highest BCUT2D eigenvalue weighted by Gasteiger charge is 2.20. The van der Waals surface area contributed by atoms with E-state index in [1.807, 2.05) is 0 Å². The van der Waals surface area contributed by atoms with Crippen molar-refractivity contribution in [2.45, 2.75) is 6.92 Å². The summed E-state index contributed by atoms with van der Waals surface area (Å²) in [6, 6.07) is 8.97. The largest absolute Gasteiger partial charge is 0.493 e. The molecule has 27 heavy (non-hydrogen) atoms. The summed E-state index contributed by atoms with van der Waals surface area (Å²) >= 11 is 6.07. The number of nitrogens with zero attached hydrogens (tertiary/aromatic N) is 2. The number of non-ortho nitro benzene ring substituents is 1. The summed E-state index contributed by atoms with van der Waals surface area (Å²) in [5.74, 6) is -1.24. The van der Waals surface area contributed by atoms with Crippen molar-refractivity contribution in [2.24, 2.45) is 11.7 Å². The fourth-order valence-corrected chi connectivity index (χ4v) is 2.42. The molecule has 0 aliphatic heterocycles. The van der Waals surface area contributed by atoms with Crippen LogP contribution >= 0.6 is 11.6 Å². The number of primary amides is 1. The highest BCUT2D eigenvalue weighted by Crippen LogP contribution is 2.35. The zero-order valence-electron chi connectivity index (χ0n) is 14.2. The van der Waals surface area contributed by atoms with Crippen molar-refractivity contribution in [3.8, 4) is 5.75 Å². The van der Waals surface area contributed by atoms with Gasteiger partial charge in [-0.3, -0.25) is 19.8 Å². The lowest BCUT2D eigenvalue weighted by molar-refractivity contribution is -0.384. The third kappa shape index (κ3) is 4.85. The molecule has 3 N–H and O–H groups in total. The Morgan fingerprint density at radius 2 is 1.93 bits per heavy atom. The first kappa shape index (κ1) is 20.0. The average molecular weight is 394 g/mol. The summed E-state index contributed by atoms with van der Waals surface area (Å²) in [6.07, 6.45) is 0. The van der Waals surface area contributed by atoms with Gasteiger partial charge in [-0.15, -0.1) is 0 Å². The summed E-state index contributed by atoms with van der Waals surface area (Å²) in [5, 5.41) is 19.7. The van der Waals surface area contributed by atoms with E-state index in [2.05, 4.69) is 0 Å². The first-order valence-corrected chi connectivity index (χ1v) is 8.07. The molecule has 0 aliphatic rings. The number of carboxylic acid groups (broad SMARTS) is 1. The molecule has 2 aromatic rings. The molecule has 142 valence electrons. The third-order valence-electron chi connectivity index (χ3n) is 3.62. The van der Waals surface area contributed by atoms with Crippen LogP contribution in [-0.4, -0.2) is 28.6 Å². The lowest BCUT2D eigenvalue weighted by Gasteiger charge is -2.22. The molecule has 2 aromatic carbocycles. The number of nitrogens with two attached hydrogens (primary N) is 1. The average Bonchev–Trinajstić information content (AvgIpc) is 2.61. The minimum atomic E-state index is -0.973. The van der Waals surface area contributed by atoms with E-state index >= 15 is 0 Å². The van der Waals surface area contributed by atoms with Crippen LogP contribution in [0, 0.1) is 16.0 Å². The van der Waals surface area contributed by atoms with Gasteiger partial charge in [0.05, 0.1) is 27.2 Å². The van der Waals surface area contributed by atoms with Gasteiger partial charge < -0.3 is 15.6 Å². The fourth-order valence-electron chi connectivity index (χ4n) is 2.16. The zero-order chi connectivity index (χ0) is 20.1. The molecule has 2 rings (SSSR count). The molecule has 2 amide bonds. The standard InChI is InChI=1S/C17H16ClN3O6/c1-10(16(22)23)9-27-13-5-2-11(3-6-13)20(17(19)24)15-7-4-12(21(25)26)8-14(15)18/h2-8,10H,9H2,1H3,(H2,19,24)(H,22,23). The number of halogens is 1. The number of hydrogen-bond donors (Lipinski definition) is 2. The Balaban J connectivity index is 2.26. The van der Waals surface area contributed by atoms with Crippen molar-refractivity contribution < 1.29 is 24.4 Å². The lowest BCUT2D eigenvalue weighted by Crippen LogP contribution is -2.31. The number of carboxylic acids is 1. The number of aliphatic carboxylic acids is 1. The van der Waals surface area contributed by atoms with Crippen LogP contribution < -0.4 is 15.4 Å². The van der Waals surface area contributed by atoms with Gasteiger partial charge in [0.2, 0.25) is 0 Å². The van der Waals surface area contributed by atoms with Crippen LogP contribution in [0.4, 0.5) is 21.9 Å². The van der Waals surface area contributed by atoms with Crippen LogP contribution in [0.15, 0.2) is 42.5 Å². The van der Waals surface area contributed by atoms with E-state index in [-0.39, 0.29) is 23.0 Å². The zero-order valence-corrected chi connectivity index (χ0v) is 14.9. The molecular weight excluding hydrogens is 378 g/mol. The molecule has 0 fully saturated rings. The fraction of sp³-hybridized carbons (Fsp3) is 0.176. The summed E-state index contributed by atoms with van der Waals surface area (Å²) in [4.78, 5) is 34.0. The number of hydrogen-bond acceptors (Lipinski definition) is 5. The predicted octanol–water partition coefficient (Wildman–Crippen LogP) is 3.56. The Morgan fingerprint density at radius 3 is 2.41 bits per heavy atom. The molecule has 0 aromatic heterocycles. The predicted molar refractivity (Wildman–Crippen MR) is 98.6 cm³/mol. The molecular formula is C17H16ClN3O6. The van der Waals surface area contributed by atoms with Gasteiger partial charge in [0, 0.05) is 12.1 Å². The van der Waals surface area contributed by atoms with Crippen molar-refractivity contribution in [3.63, 3.8) is 0 Å². The number of amides is 2. The molecule has 1 unspecified atom stereocenters. The summed E-state index contributed by atoms with van der Waals surface area (Å²) in [7, 11) is 0. The molecule has 0 aliphatic carbocycles. The molecule has 0 bridgehead atoms. The van der Waals surface area contributed by atoms with Gasteiger partial charge in [0.1, 0.15) is 12.4 Å². The van der Waals surface area contributed by atoms with Gasteiger partial charge in [-0.05, 0) is 37.3 Å². The van der Waals surface area contributed by atoms with Crippen LogP contribution in [0.1, 0.15) is 6.92 Å². The summed E-state index contributed by atoms with van der Waals surface area (Å²) in [5.41, 5.74) is 5.76. The van der Waals surface area contributed by atoms with Crippen molar-refractivity contribution in [3.05, 3.63) is 57.6 Å². The molecule has 0 spiro atoms. The Labute approximate surface area is 159 Å². The summed E-state index contributed by atoms with van der Waals surface area (Å²) < 4.78 is 5.38. The van der Waals surface area contributed by atoms with Crippen molar-refractivity contribution >= 4 is 40.7 Å². The molecule has 0 radical (unpaired) electrons. The van der Waals surface area contributed by atoms with Gasteiger partial charge in [0.15, 0.2) is 0 Å².